The van der Waals surface area contributed by atoms with Crippen molar-refractivity contribution >= 4 is 0 Å². The van der Waals surface area contributed by atoms with E-state index in [1.54, 1.807) is 0 Å². The molecule has 2 unspecified atom stereocenters. The second kappa shape index (κ2) is 6.41. The molecule has 0 aromatic carbocycles. The fourth-order valence-electron chi connectivity index (χ4n) is 1.44. The molecule has 0 spiro atoms. The third kappa shape index (κ3) is 7.34. The van der Waals surface area contributed by atoms with E-state index in [2.05, 4.69) is 26.1 Å². The lowest BCUT2D eigenvalue weighted by Gasteiger charge is -2.25. The van der Waals surface area contributed by atoms with E-state index >= 15 is 0 Å². The van der Waals surface area contributed by atoms with Crippen LogP contribution < -0.4 is 5.32 Å². The highest BCUT2D eigenvalue weighted by molar-refractivity contribution is 4.74. The smallest absolute Gasteiger partial charge is 0.0715 e. The van der Waals surface area contributed by atoms with Gasteiger partial charge in [0, 0.05) is 12.6 Å². The molecule has 0 amide bonds. The minimum absolute atomic E-state index is 0.552. The van der Waals surface area contributed by atoms with Gasteiger partial charge in [-0.15, -0.1) is 0 Å². The summed E-state index contributed by atoms with van der Waals surface area (Å²) in [5.41, 5.74) is -0.594. The summed E-state index contributed by atoms with van der Waals surface area (Å²) in [7, 11) is 0. The minimum Gasteiger partial charge on any atom is -0.389 e. The zero-order valence-electron chi connectivity index (χ0n) is 10.4. The molecule has 14 heavy (non-hydrogen) atoms. The lowest BCUT2D eigenvalue weighted by Crippen LogP contribution is -2.41. The van der Waals surface area contributed by atoms with Crippen molar-refractivity contribution in [1.82, 2.24) is 5.32 Å². The first-order valence-electron chi connectivity index (χ1n) is 5.84. The normalized spacial score (nSPS) is 16.7. The van der Waals surface area contributed by atoms with Crippen molar-refractivity contribution in [2.24, 2.45) is 5.92 Å². The van der Waals surface area contributed by atoms with Crippen LogP contribution in [0.3, 0.4) is 0 Å². The van der Waals surface area contributed by atoms with Gasteiger partial charge in [0.2, 0.25) is 0 Å². The largest absolute Gasteiger partial charge is 0.389 e. The highest BCUT2D eigenvalue weighted by Crippen LogP contribution is 2.12. The van der Waals surface area contributed by atoms with E-state index in [-0.39, 0.29) is 0 Å². The van der Waals surface area contributed by atoms with Crippen LogP contribution in [0, 0.1) is 5.92 Å². The van der Waals surface area contributed by atoms with Crippen LogP contribution in [0.25, 0.3) is 0 Å². The number of aliphatic hydroxyl groups is 1. The summed E-state index contributed by atoms with van der Waals surface area (Å²) >= 11 is 0. The molecule has 86 valence electrons. The molecule has 2 N–H and O–H groups in total. The van der Waals surface area contributed by atoms with Gasteiger partial charge in [0.1, 0.15) is 0 Å². The van der Waals surface area contributed by atoms with E-state index < -0.39 is 5.60 Å². The third-order valence-corrected chi connectivity index (χ3v) is 2.70. The Bertz CT molecular complexity index is 140. The van der Waals surface area contributed by atoms with Crippen molar-refractivity contribution in [1.29, 1.82) is 0 Å². The Labute approximate surface area is 89.1 Å². The molecule has 0 rings (SSSR count). The second-order valence-electron chi connectivity index (χ2n) is 5.05. The van der Waals surface area contributed by atoms with Crippen LogP contribution in [0.1, 0.15) is 53.9 Å². The van der Waals surface area contributed by atoms with Crippen molar-refractivity contribution in [2.45, 2.75) is 65.5 Å². The van der Waals surface area contributed by atoms with Crippen molar-refractivity contribution in [3.8, 4) is 0 Å². The monoisotopic (exact) mass is 201 g/mol. The Hall–Kier alpha value is -0.0800. The van der Waals surface area contributed by atoms with E-state index in [1.165, 1.54) is 12.8 Å². The van der Waals surface area contributed by atoms with Gasteiger partial charge in [0.25, 0.3) is 0 Å². The third-order valence-electron chi connectivity index (χ3n) is 2.70. The summed E-state index contributed by atoms with van der Waals surface area (Å²) in [6.07, 6.45) is 3.59. The topological polar surface area (TPSA) is 32.3 Å². The maximum Gasteiger partial charge on any atom is 0.0715 e. The predicted molar refractivity (Wildman–Crippen MR) is 62.5 cm³/mol. The number of hydrogen-bond donors (Lipinski definition) is 2. The summed E-state index contributed by atoms with van der Waals surface area (Å²) in [6, 6.07) is 0.552. The average Bonchev–Trinajstić information content (AvgIpc) is 2.10. The quantitative estimate of drug-likeness (QED) is 0.663. The first-order valence-corrected chi connectivity index (χ1v) is 5.84. The van der Waals surface area contributed by atoms with Gasteiger partial charge in [-0.05, 0) is 32.6 Å². The number of hydrogen-bond acceptors (Lipinski definition) is 2. The first kappa shape index (κ1) is 13.9. The van der Waals surface area contributed by atoms with Gasteiger partial charge in [-0.25, -0.2) is 0 Å². The molecular weight excluding hydrogens is 174 g/mol. The molecule has 2 nitrogen and oxygen atoms in total. The zero-order valence-corrected chi connectivity index (χ0v) is 10.4. The van der Waals surface area contributed by atoms with E-state index in [9.17, 15) is 5.11 Å². The standard InChI is InChI=1S/C12H27NO/c1-6-10(3)8-11(7-2)13-9-12(4,5)14/h10-11,13-14H,6-9H2,1-5H3. The van der Waals surface area contributed by atoms with Crippen LogP contribution in [0.2, 0.25) is 0 Å². The van der Waals surface area contributed by atoms with E-state index in [0.29, 0.717) is 12.6 Å². The van der Waals surface area contributed by atoms with Crippen LogP contribution in [0.5, 0.6) is 0 Å². The Morgan fingerprint density at radius 2 is 1.79 bits per heavy atom. The van der Waals surface area contributed by atoms with Crippen molar-refractivity contribution in [2.75, 3.05) is 6.54 Å². The molecule has 0 bridgehead atoms. The lowest BCUT2D eigenvalue weighted by atomic mass is 9.97. The van der Waals surface area contributed by atoms with Gasteiger partial charge < -0.3 is 10.4 Å². The molecule has 0 aromatic heterocycles. The average molecular weight is 201 g/mol. The van der Waals surface area contributed by atoms with Gasteiger partial charge in [-0.3, -0.25) is 0 Å². The molecule has 0 heterocycles. The molecule has 0 saturated heterocycles. The highest BCUT2D eigenvalue weighted by atomic mass is 16.3. The molecule has 0 radical (unpaired) electrons. The molecule has 0 aliphatic carbocycles. The Balaban J connectivity index is 3.80. The molecule has 0 saturated carbocycles. The van der Waals surface area contributed by atoms with Crippen molar-refractivity contribution in [3.63, 3.8) is 0 Å². The van der Waals surface area contributed by atoms with Crippen LogP contribution in [-0.2, 0) is 0 Å². The summed E-state index contributed by atoms with van der Waals surface area (Å²) in [4.78, 5) is 0. The number of nitrogens with one attached hydrogen (secondary N) is 1. The zero-order chi connectivity index (χ0) is 11.2. The van der Waals surface area contributed by atoms with E-state index in [0.717, 1.165) is 12.3 Å². The summed E-state index contributed by atoms with van der Waals surface area (Å²) < 4.78 is 0. The van der Waals surface area contributed by atoms with E-state index in [1.807, 2.05) is 13.8 Å². The fraction of sp³-hybridized carbons (Fsp3) is 1.00. The van der Waals surface area contributed by atoms with Gasteiger partial charge in [0.15, 0.2) is 0 Å². The van der Waals surface area contributed by atoms with E-state index in [4.69, 9.17) is 0 Å². The molecule has 2 atom stereocenters. The minimum atomic E-state index is -0.594. The molecule has 0 aromatic rings. The maximum atomic E-state index is 9.59. The maximum absolute atomic E-state index is 9.59. The van der Waals surface area contributed by atoms with Crippen molar-refractivity contribution < 1.29 is 5.11 Å². The predicted octanol–water partition coefficient (Wildman–Crippen LogP) is 2.56. The molecule has 0 aliphatic heterocycles. The molecule has 2 heteroatoms. The number of rotatable bonds is 7. The van der Waals surface area contributed by atoms with Crippen LogP contribution in [-0.4, -0.2) is 23.3 Å². The second-order valence-corrected chi connectivity index (χ2v) is 5.05. The van der Waals surface area contributed by atoms with Gasteiger partial charge in [-0.2, -0.15) is 0 Å². The van der Waals surface area contributed by atoms with Crippen LogP contribution >= 0.6 is 0 Å². The molecule has 0 fully saturated rings. The fourth-order valence-corrected chi connectivity index (χ4v) is 1.44. The van der Waals surface area contributed by atoms with Crippen molar-refractivity contribution in [3.05, 3.63) is 0 Å². The highest BCUT2D eigenvalue weighted by Gasteiger charge is 2.16. The summed E-state index contributed by atoms with van der Waals surface area (Å²) in [6.45, 7) is 11.1. The lowest BCUT2D eigenvalue weighted by molar-refractivity contribution is 0.0750. The van der Waals surface area contributed by atoms with Gasteiger partial charge in [-0.1, -0.05) is 27.2 Å². The molecule has 0 aliphatic rings. The van der Waals surface area contributed by atoms with Gasteiger partial charge >= 0.3 is 0 Å². The molecular formula is C12H27NO. The van der Waals surface area contributed by atoms with Crippen LogP contribution in [0.4, 0.5) is 0 Å². The summed E-state index contributed by atoms with van der Waals surface area (Å²) in [5.74, 6) is 0.772. The summed E-state index contributed by atoms with van der Waals surface area (Å²) in [5, 5.41) is 13.0. The van der Waals surface area contributed by atoms with Crippen LogP contribution in [0.15, 0.2) is 0 Å². The first-order chi connectivity index (χ1) is 6.39. The van der Waals surface area contributed by atoms with Gasteiger partial charge in [0.05, 0.1) is 5.60 Å². The Kier molecular flexibility index (Phi) is 6.38. The SMILES string of the molecule is CCC(C)CC(CC)NCC(C)(C)O. The Morgan fingerprint density at radius 3 is 2.14 bits per heavy atom. The Morgan fingerprint density at radius 1 is 1.21 bits per heavy atom.